The predicted octanol–water partition coefficient (Wildman–Crippen LogP) is 3.03. The average Bonchev–Trinajstić information content (AvgIpc) is 3.11. The van der Waals surface area contributed by atoms with Gasteiger partial charge in [0.05, 0.1) is 6.20 Å². The smallest absolute Gasteiger partial charge is 0.0571 e. The van der Waals surface area contributed by atoms with Crippen molar-refractivity contribution >= 4 is 0 Å². The van der Waals surface area contributed by atoms with Gasteiger partial charge in [-0.25, -0.2) is 0 Å². The minimum absolute atomic E-state index is 0.726. The lowest BCUT2D eigenvalue weighted by atomic mass is 10.0. The Morgan fingerprint density at radius 3 is 2.75 bits per heavy atom. The summed E-state index contributed by atoms with van der Waals surface area (Å²) in [5, 5.41) is 8.01. The number of nitrogens with one attached hydrogen (secondary N) is 1. The molecule has 106 valence electrons. The highest BCUT2D eigenvalue weighted by Gasteiger charge is 2.17. The lowest BCUT2D eigenvalue weighted by Crippen LogP contribution is -2.16. The molecule has 0 amide bonds. The molecule has 3 nitrogen and oxygen atoms in total. The van der Waals surface area contributed by atoms with E-state index in [1.165, 1.54) is 28.8 Å². The van der Waals surface area contributed by atoms with E-state index in [4.69, 9.17) is 0 Å². The summed E-state index contributed by atoms with van der Waals surface area (Å²) < 4.78 is 2.17. The van der Waals surface area contributed by atoms with Gasteiger partial charge in [0.1, 0.15) is 0 Å². The first-order chi connectivity index (χ1) is 9.78. The zero-order valence-electron chi connectivity index (χ0n) is 12.4. The molecule has 2 aromatic rings. The lowest BCUT2D eigenvalue weighted by Gasteiger charge is -2.10. The second-order valence-corrected chi connectivity index (χ2v) is 5.74. The van der Waals surface area contributed by atoms with Gasteiger partial charge in [0.25, 0.3) is 0 Å². The van der Waals surface area contributed by atoms with Crippen LogP contribution < -0.4 is 5.32 Å². The number of hydrogen-bond acceptors (Lipinski definition) is 2. The number of aromatic nitrogens is 2. The van der Waals surface area contributed by atoms with E-state index in [2.05, 4.69) is 53.2 Å². The van der Waals surface area contributed by atoms with Crippen LogP contribution in [0.5, 0.6) is 0 Å². The number of hydrogen-bond donors (Lipinski definition) is 1. The van der Waals surface area contributed by atoms with Crippen LogP contribution in [0.15, 0.2) is 30.5 Å². The third-order valence-electron chi connectivity index (χ3n) is 4.37. The zero-order valence-corrected chi connectivity index (χ0v) is 12.4. The fourth-order valence-electron chi connectivity index (χ4n) is 2.95. The van der Waals surface area contributed by atoms with E-state index in [0.717, 1.165) is 32.0 Å². The van der Waals surface area contributed by atoms with Crippen LogP contribution in [-0.4, -0.2) is 22.9 Å². The minimum Gasteiger partial charge on any atom is -0.316 e. The van der Waals surface area contributed by atoms with Crippen molar-refractivity contribution in [3.05, 3.63) is 41.7 Å². The Bertz CT molecular complexity index is 562. The standard InChI is InChI=1S/C17H23N3/c1-3-14-4-6-16(7-5-14)17-11-19-20(13(17)2)12-15-8-9-18-10-15/h4-7,11,15,18H,3,8-10,12H2,1-2H3. The van der Waals surface area contributed by atoms with Gasteiger partial charge >= 0.3 is 0 Å². The molecule has 3 heteroatoms. The van der Waals surface area contributed by atoms with Crippen molar-refractivity contribution in [2.75, 3.05) is 13.1 Å². The molecule has 0 spiro atoms. The summed E-state index contributed by atoms with van der Waals surface area (Å²) in [7, 11) is 0. The van der Waals surface area contributed by atoms with Gasteiger partial charge in [-0.15, -0.1) is 0 Å². The highest BCUT2D eigenvalue weighted by Crippen LogP contribution is 2.24. The van der Waals surface area contributed by atoms with Crippen LogP contribution in [0.25, 0.3) is 11.1 Å². The number of benzene rings is 1. The van der Waals surface area contributed by atoms with Crippen LogP contribution in [0.1, 0.15) is 24.6 Å². The second-order valence-electron chi connectivity index (χ2n) is 5.74. The van der Waals surface area contributed by atoms with E-state index in [1.54, 1.807) is 0 Å². The third kappa shape index (κ3) is 2.63. The minimum atomic E-state index is 0.726. The molecule has 1 aliphatic rings. The van der Waals surface area contributed by atoms with Crippen molar-refractivity contribution in [1.29, 1.82) is 0 Å². The number of nitrogens with zero attached hydrogens (tertiary/aromatic N) is 2. The Morgan fingerprint density at radius 1 is 1.30 bits per heavy atom. The Kier molecular flexibility index (Phi) is 3.88. The van der Waals surface area contributed by atoms with Gasteiger partial charge in [-0.1, -0.05) is 31.2 Å². The molecule has 0 aliphatic carbocycles. The largest absolute Gasteiger partial charge is 0.316 e. The number of rotatable bonds is 4. The molecule has 20 heavy (non-hydrogen) atoms. The molecule has 1 N–H and O–H groups in total. The Labute approximate surface area is 121 Å². The predicted molar refractivity (Wildman–Crippen MR) is 82.8 cm³/mol. The number of aryl methyl sites for hydroxylation is 1. The van der Waals surface area contributed by atoms with Crippen molar-refractivity contribution in [3.63, 3.8) is 0 Å². The maximum absolute atomic E-state index is 4.59. The highest BCUT2D eigenvalue weighted by atomic mass is 15.3. The van der Waals surface area contributed by atoms with Gasteiger partial charge in [-0.3, -0.25) is 4.68 Å². The van der Waals surface area contributed by atoms with Crippen molar-refractivity contribution in [2.45, 2.75) is 33.2 Å². The normalized spacial score (nSPS) is 18.6. The first-order valence-corrected chi connectivity index (χ1v) is 7.60. The molecular formula is C17H23N3. The quantitative estimate of drug-likeness (QED) is 0.924. The Balaban J connectivity index is 1.81. The van der Waals surface area contributed by atoms with Gasteiger partial charge in [-0.05, 0) is 49.9 Å². The maximum atomic E-state index is 4.59. The molecule has 1 aromatic heterocycles. The molecule has 0 bridgehead atoms. The maximum Gasteiger partial charge on any atom is 0.0571 e. The molecule has 1 atom stereocenters. The van der Waals surface area contributed by atoms with Gasteiger partial charge in [0, 0.05) is 17.8 Å². The summed E-state index contributed by atoms with van der Waals surface area (Å²) in [5.41, 5.74) is 5.20. The van der Waals surface area contributed by atoms with Crippen LogP contribution in [0.3, 0.4) is 0 Å². The second kappa shape index (κ2) is 5.80. The van der Waals surface area contributed by atoms with E-state index in [1.807, 2.05) is 6.20 Å². The van der Waals surface area contributed by atoms with Crippen LogP contribution in [0.2, 0.25) is 0 Å². The topological polar surface area (TPSA) is 29.9 Å². The molecule has 1 aromatic carbocycles. The van der Waals surface area contributed by atoms with Gasteiger partial charge in [-0.2, -0.15) is 5.10 Å². The van der Waals surface area contributed by atoms with Gasteiger partial charge in [0.15, 0.2) is 0 Å². The van der Waals surface area contributed by atoms with Crippen LogP contribution in [-0.2, 0) is 13.0 Å². The van der Waals surface area contributed by atoms with Crippen molar-refractivity contribution in [1.82, 2.24) is 15.1 Å². The average molecular weight is 269 g/mol. The molecule has 1 aliphatic heterocycles. The molecular weight excluding hydrogens is 246 g/mol. The summed E-state index contributed by atoms with van der Waals surface area (Å²) in [4.78, 5) is 0. The van der Waals surface area contributed by atoms with Crippen LogP contribution in [0, 0.1) is 12.8 Å². The van der Waals surface area contributed by atoms with E-state index < -0.39 is 0 Å². The molecule has 3 rings (SSSR count). The molecule has 1 fully saturated rings. The molecule has 2 heterocycles. The van der Waals surface area contributed by atoms with E-state index >= 15 is 0 Å². The monoisotopic (exact) mass is 269 g/mol. The first kappa shape index (κ1) is 13.4. The Morgan fingerprint density at radius 2 is 2.10 bits per heavy atom. The summed E-state index contributed by atoms with van der Waals surface area (Å²) in [5.74, 6) is 0.726. The van der Waals surface area contributed by atoms with E-state index in [0.29, 0.717) is 0 Å². The SMILES string of the molecule is CCc1ccc(-c2cnn(CC3CCNC3)c2C)cc1. The van der Waals surface area contributed by atoms with Crippen molar-refractivity contribution < 1.29 is 0 Å². The van der Waals surface area contributed by atoms with E-state index in [-0.39, 0.29) is 0 Å². The summed E-state index contributed by atoms with van der Waals surface area (Å²) in [6, 6.07) is 8.86. The fourth-order valence-corrected chi connectivity index (χ4v) is 2.95. The zero-order chi connectivity index (χ0) is 13.9. The van der Waals surface area contributed by atoms with Gasteiger partial charge < -0.3 is 5.32 Å². The molecule has 1 saturated heterocycles. The summed E-state index contributed by atoms with van der Waals surface area (Å²) in [6.45, 7) is 7.67. The summed E-state index contributed by atoms with van der Waals surface area (Å²) in [6.07, 6.45) is 4.37. The Hall–Kier alpha value is -1.61. The first-order valence-electron chi connectivity index (χ1n) is 7.60. The van der Waals surface area contributed by atoms with Crippen LogP contribution >= 0.6 is 0 Å². The van der Waals surface area contributed by atoms with Crippen molar-refractivity contribution in [2.24, 2.45) is 5.92 Å². The molecule has 1 unspecified atom stereocenters. The fraction of sp³-hybridized carbons (Fsp3) is 0.471. The highest BCUT2D eigenvalue weighted by molar-refractivity contribution is 5.65. The third-order valence-corrected chi connectivity index (χ3v) is 4.37. The molecule has 0 saturated carbocycles. The van der Waals surface area contributed by atoms with Crippen LogP contribution in [0.4, 0.5) is 0 Å². The van der Waals surface area contributed by atoms with E-state index in [9.17, 15) is 0 Å². The summed E-state index contributed by atoms with van der Waals surface area (Å²) >= 11 is 0. The lowest BCUT2D eigenvalue weighted by molar-refractivity contribution is 0.443. The van der Waals surface area contributed by atoms with Crippen molar-refractivity contribution in [3.8, 4) is 11.1 Å². The molecule has 0 radical (unpaired) electrons. The van der Waals surface area contributed by atoms with Gasteiger partial charge in [0.2, 0.25) is 0 Å².